The molecule has 0 radical (unpaired) electrons. The Kier molecular flexibility index (Phi) is 6.70. The average molecular weight is 436 g/mol. The molecule has 2 unspecified atom stereocenters. The predicted octanol–water partition coefficient (Wildman–Crippen LogP) is 3.50. The molecule has 0 spiro atoms. The van der Waals surface area contributed by atoms with Gasteiger partial charge in [0.05, 0.1) is 18.2 Å². The molecule has 3 rings (SSSR count). The SMILES string of the molecule is CC1=CC(C)(C(C)Sc2nc(N[C@@H](CO)CC(C)C)c3sc(=O)[nH]c3n2)NC=C1. The average Bonchev–Trinajstić information content (AvgIpc) is 3.01. The van der Waals surface area contributed by atoms with Gasteiger partial charge in [0, 0.05) is 5.25 Å². The van der Waals surface area contributed by atoms with Crippen LogP contribution in [-0.4, -0.2) is 43.5 Å². The van der Waals surface area contributed by atoms with Gasteiger partial charge in [0.1, 0.15) is 4.70 Å². The molecular weight excluding hydrogens is 406 g/mol. The van der Waals surface area contributed by atoms with Gasteiger partial charge in [0.15, 0.2) is 16.6 Å². The summed E-state index contributed by atoms with van der Waals surface area (Å²) in [6, 6.07) is -0.131. The number of rotatable bonds is 8. The van der Waals surface area contributed by atoms with Crippen molar-refractivity contribution in [2.75, 3.05) is 11.9 Å². The number of fused-ring (bicyclic) bond motifs is 1. The van der Waals surface area contributed by atoms with Crippen molar-refractivity contribution in [2.24, 2.45) is 5.92 Å². The molecule has 4 N–H and O–H groups in total. The number of thiazole rings is 1. The lowest BCUT2D eigenvalue weighted by Gasteiger charge is -2.35. The molecule has 0 amide bonds. The van der Waals surface area contributed by atoms with Crippen molar-refractivity contribution >= 4 is 39.3 Å². The second-order valence-electron chi connectivity index (χ2n) is 8.11. The lowest BCUT2D eigenvalue weighted by atomic mass is 9.93. The van der Waals surface area contributed by atoms with Crippen LogP contribution in [0.3, 0.4) is 0 Å². The van der Waals surface area contributed by atoms with Crippen LogP contribution in [0.5, 0.6) is 0 Å². The largest absolute Gasteiger partial charge is 0.394 e. The number of nitrogens with zero attached hydrogens (tertiary/aromatic N) is 2. The van der Waals surface area contributed by atoms with Crippen molar-refractivity contribution < 1.29 is 5.11 Å². The summed E-state index contributed by atoms with van der Waals surface area (Å²) in [6.07, 6.45) is 7.03. The van der Waals surface area contributed by atoms with Crippen molar-refractivity contribution in [1.29, 1.82) is 0 Å². The highest BCUT2D eigenvalue weighted by Crippen LogP contribution is 2.34. The van der Waals surface area contributed by atoms with Crippen LogP contribution in [0.25, 0.3) is 10.3 Å². The maximum Gasteiger partial charge on any atom is 0.306 e. The van der Waals surface area contributed by atoms with E-state index < -0.39 is 0 Å². The molecule has 1 aliphatic rings. The quantitative estimate of drug-likeness (QED) is 0.372. The summed E-state index contributed by atoms with van der Waals surface area (Å²) >= 11 is 2.64. The first-order chi connectivity index (χ1) is 13.7. The maximum absolute atomic E-state index is 11.9. The fraction of sp³-hybridized carbons (Fsp3) is 0.550. The Morgan fingerprint density at radius 1 is 1.34 bits per heavy atom. The number of anilines is 1. The number of dihydropyridines is 1. The summed E-state index contributed by atoms with van der Waals surface area (Å²) in [4.78, 5) is 23.8. The van der Waals surface area contributed by atoms with Gasteiger partial charge in [-0.05, 0) is 38.5 Å². The zero-order valence-corrected chi connectivity index (χ0v) is 19.1. The standard InChI is InChI=1S/C20H29N5O2S2/c1-11(2)8-14(10-26)22-16-15-17(25-19(27)29-15)24-18(23-16)28-13(4)20(5)9-12(3)6-7-21-20/h6-7,9,11,13-14,21,26H,8,10H2,1-5H3,(H2,22,23,24,25,27)/t13?,14-,20?/m1/s1. The molecule has 0 saturated heterocycles. The Bertz CT molecular complexity index is 981. The van der Waals surface area contributed by atoms with E-state index in [1.165, 1.54) is 5.57 Å². The molecule has 2 aromatic heterocycles. The van der Waals surface area contributed by atoms with E-state index in [1.807, 2.05) is 12.3 Å². The number of aliphatic hydroxyl groups excluding tert-OH is 1. The third-order valence-electron chi connectivity index (χ3n) is 4.97. The monoisotopic (exact) mass is 435 g/mol. The predicted molar refractivity (Wildman–Crippen MR) is 122 cm³/mol. The Hall–Kier alpha value is -1.84. The summed E-state index contributed by atoms with van der Waals surface area (Å²) in [5, 5.41) is 17.2. The molecule has 2 aromatic rings. The van der Waals surface area contributed by atoms with Gasteiger partial charge in [-0.3, -0.25) is 9.78 Å². The van der Waals surface area contributed by atoms with Crippen LogP contribution in [-0.2, 0) is 0 Å². The maximum atomic E-state index is 11.9. The lowest BCUT2D eigenvalue weighted by molar-refractivity contribution is 0.259. The fourth-order valence-corrected chi connectivity index (χ4v) is 5.06. The van der Waals surface area contributed by atoms with Gasteiger partial charge in [0.2, 0.25) is 0 Å². The number of H-pyrrole nitrogens is 1. The van der Waals surface area contributed by atoms with Gasteiger partial charge in [-0.1, -0.05) is 55.5 Å². The number of aliphatic hydroxyl groups is 1. The molecule has 0 fully saturated rings. The zero-order valence-electron chi connectivity index (χ0n) is 17.4. The van der Waals surface area contributed by atoms with Crippen LogP contribution >= 0.6 is 23.1 Å². The summed E-state index contributed by atoms with van der Waals surface area (Å²) in [6.45, 7) is 10.6. The second kappa shape index (κ2) is 8.89. The number of hydrogen-bond donors (Lipinski definition) is 4. The molecule has 158 valence electrons. The first-order valence-corrected chi connectivity index (χ1v) is 11.5. The van der Waals surface area contributed by atoms with E-state index in [1.54, 1.807) is 11.8 Å². The van der Waals surface area contributed by atoms with Crippen LogP contribution in [0.2, 0.25) is 0 Å². The van der Waals surface area contributed by atoms with Gasteiger partial charge in [0.25, 0.3) is 0 Å². The van der Waals surface area contributed by atoms with E-state index in [0.29, 0.717) is 27.2 Å². The summed E-state index contributed by atoms with van der Waals surface area (Å²) in [7, 11) is 0. The number of allylic oxidation sites excluding steroid dienone is 2. The van der Waals surface area contributed by atoms with Crippen LogP contribution in [0.15, 0.2) is 33.9 Å². The molecule has 1 aliphatic heterocycles. The Balaban J connectivity index is 1.90. The third kappa shape index (κ3) is 5.21. The van der Waals surface area contributed by atoms with Gasteiger partial charge >= 0.3 is 4.87 Å². The fourth-order valence-electron chi connectivity index (χ4n) is 3.35. The number of aromatic nitrogens is 3. The smallest absolute Gasteiger partial charge is 0.306 e. The van der Waals surface area contributed by atoms with Gasteiger partial charge in [-0.15, -0.1) is 0 Å². The Morgan fingerprint density at radius 3 is 2.76 bits per heavy atom. The van der Waals surface area contributed by atoms with Crippen molar-refractivity contribution in [1.82, 2.24) is 20.3 Å². The first-order valence-electron chi connectivity index (χ1n) is 9.79. The van der Waals surface area contributed by atoms with E-state index in [2.05, 4.69) is 61.3 Å². The van der Waals surface area contributed by atoms with E-state index in [0.717, 1.165) is 17.8 Å². The second-order valence-corrected chi connectivity index (χ2v) is 10.4. The minimum Gasteiger partial charge on any atom is -0.394 e. The van der Waals surface area contributed by atoms with Crippen LogP contribution < -0.4 is 15.5 Å². The van der Waals surface area contributed by atoms with E-state index in [-0.39, 0.29) is 28.3 Å². The highest BCUT2D eigenvalue weighted by Gasteiger charge is 2.31. The highest BCUT2D eigenvalue weighted by atomic mass is 32.2. The molecule has 0 saturated carbocycles. The van der Waals surface area contributed by atoms with Crippen LogP contribution in [0, 0.1) is 5.92 Å². The van der Waals surface area contributed by atoms with Crippen molar-refractivity contribution in [3.8, 4) is 0 Å². The molecule has 0 aliphatic carbocycles. The van der Waals surface area contributed by atoms with Gasteiger partial charge < -0.3 is 15.7 Å². The topological polar surface area (TPSA) is 103 Å². The molecule has 9 heteroatoms. The van der Waals surface area contributed by atoms with E-state index in [9.17, 15) is 9.90 Å². The number of aromatic amines is 1. The molecule has 3 heterocycles. The van der Waals surface area contributed by atoms with Crippen molar-refractivity contribution in [3.05, 3.63) is 33.6 Å². The Labute approximate surface area is 179 Å². The number of hydrogen-bond acceptors (Lipinski definition) is 8. The number of thioether (sulfide) groups is 1. The summed E-state index contributed by atoms with van der Waals surface area (Å²) in [5.74, 6) is 1.03. The van der Waals surface area contributed by atoms with Crippen LogP contribution in [0.4, 0.5) is 5.82 Å². The third-order valence-corrected chi connectivity index (χ3v) is 7.09. The summed E-state index contributed by atoms with van der Waals surface area (Å²) < 4.78 is 0.690. The molecule has 3 atom stereocenters. The minimum absolute atomic E-state index is 0.000272. The molecule has 0 bridgehead atoms. The Morgan fingerprint density at radius 2 is 2.10 bits per heavy atom. The summed E-state index contributed by atoms with van der Waals surface area (Å²) in [5.41, 5.74) is 1.50. The first kappa shape index (κ1) is 21.9. The van der Waals surface area contributed by atoms with Crippen molar-refractivity contribution in [2.45, 2.75) is 63.0 Å². The van der Waals surface area contributed by atoms with E-state index in [4.69, 9.17) is 4.98 Å². The lowest BCUT2D eigenvalue weighted by Crippen LogP contribution is -2.46. The number of nitrogens with one attached hydrogen (secondary N) is 3. The van der Waals surface area contributed by atoms with E-state index >= 15 is 0 Å². The molecule has 7 nitrogen and oxygen atoms in total. The normalized spacial score (nSPS) is 21.1. The van der Waals surface area contributed by atoms with Crippen LogP contribution in [0.1, 0.15) is 41.0 Å². The zero-order chi connectivity index (χ0) is 21.2. The molecule has 0 aromatic carbocycles. The highest BCUT2D eigenvalue weighted by molar-refractivity contribution is 7.99. The van der Waals surface area contributed by atoms with Gasteiger partial charge in [-0.2, -0.15) is 0 Å². The van der Waals surface area contributed by atoms with Gasteiger partial charge in [-0.25, -0.2) is 9.97 Å². The minimum atomic E-state index is -0.233. The molecule has 29 heavy (non-hydrogen) atoms. The van der Waals surface area contributed by atoms with Crippen molar-refractivity contribution in [3.63, 3.8) is 0 Å². The molecular formula is C20H29N5O2S2.